The van der Waals surface area contributed by atoms with Crippen LogP contribution >= 0.6 is 0 Å². The van der Waals surface area contributed by atoms with E-state index in [-0.39, 0.29) is 10.7 Å². The number of hydrogen-bond donors (Lipinski definition) is 2. The van der Waals surface area contributed by atoms with E-state index < -0.39 is 10.0 Å². The van der Waals surface area contributed by atoms with Gasteiger partial charge in [-0.05, 0) is 76.0 Å². The van der Waals surface area contributed by atoms with Crippen molar-refractivity contribution in [2.75, 3.05) is 24.1 Å². The lowest BCUT2D eigenvalue weighted by atomic mass is 9.91. The minimum atomic E-state index is -3.75. The second kappa shape index (κ2) is 10.9. The zero-order valence-electron chi connectivity index (χ0n) is 20.2. The first-order valence-corrected chi connectivity index (χ1v) is 13.1. The van der Waals surface area contributed by atoms with E-state index in [4.69, 9.17) is 0 Å². The molecule has 184 valence electrons. The molecule has 0 atom stereocenters. The van der Waals surface area contributed by atoms with E-state index in [1.54, 1.807) is 49.9 Å². The molecule has 3 aromatic heterocycles. The summed E-state index contributed by atoms with van der Waals surface area (Å²) in [6.45, 7) is 1.72. The molecule has 0 amide bonds. The Labute approximate surface area is 206 Å². The molecule has 35 heavy (non-hydrogen) atoms. The van der Waals surface area contributed by atoms with E-state index in [0.717, 1.165) is 24.0 Å². The molecule has 0 aromatic carbocycles. The van der Waals surface area contributed by atoms with Crippen LogP contribution in [0.4, 0.5) is 11.8 Å². The Morgan fingerprint density at radius 3 is 2.23 bits per heavy atom. The lowest BCUT2D eigenvalue weighted by Crippen LogP contribution is -2.36. The van der Waals surface area contributed by atoms with E-state index in [9.17, 15) is 8.42 Å². The number of aromatic nitrogens is 4. The van der Waals surface area contributed by atoms with Crippen LogP contribution in [0, 0.1) is 6.92 Å². The molecule has 4 rings (SSSR count). The van der Waals surface area contributed by atoms with Crippen molar-refractivity contribution in [3.8, 4) is 0 Å². The normalized spacial score (nSPS) is 18.6. The second-order valence-electron chi connectivity index (χ2n) is 9.01. The van der Waals surface area contributed by atoms with Gasteiger partial charge in [0.2, 0.25) is 5.95 Å². The van der Waals surface area contributed by atoms with Gasteiger partial charge in [0.15, 0.2) is 0 Å². The number of aryl methyl sites for hydroxylation is 1. The van der Waals surface area contributed by atoms with Crippen LogP contribution in [0.5, 0.6) is 0 Å². The van der Waals surface area contributed by atoms with Crippen LogP contribution in [-0.2, 0) is 10.0 Å². The number of nitrogens with zero attached hydrogens (tertiary/aromatic N) is 5. The quantitative estimate of drug-likeness (QED) is 0.487. The van der Waals surface area contributed by atoms with Crippen LogP contribution < -0.4 is 10.0 Å². The van der Waals surface area contributed by atoms with Crippen LogP contribution in [-0.4, -0.2) is 59.4 Å². The monoisotopic (exact) mass is 493 g/mol. The molecule has 1 fully saturated rings. The number of anilines is 2. The second-order valence-corrected chi connectivity index (χ2v) is 10.7. The number of nitrogens with one attached hydrogen (secondary N) is 2. The average Bonchev–Trinajstić information content (AvgIpc) is 2.85. The van der Waals surface area contributed by atoms with E-state index in [2.05, 4.69) is 49.0 Å². The Hall–Kier alpha value is -3.37. The molecule has 1 aliphatic carbocycles. The number of hydrogen-bond acceptors (Lipinski definition) is 8. The summed E-state index contributed by atoms with van der Waals surface area (Å²) in [4.78, 5) is 19.4. The zero-order chi connectivity index (χ0) is 24.8. The Balaban J connectivity index is 1.32. The maximum Gasteiger partial charge on any atom is 0.264 e. The summed E-state index contributed by atoms with van der Waals surface area (Å²) in [6.07, 6.45) is 16.4. The molecule has 0 aliphatic heterocycles. The van der Waals surface area contributed by atoms with Crippen molar-refractivity contribution in [1.29, 1.82) is 0 Å². The van der Waals surface area contributed by atoms with Crippen molar-refractivity contribution < 1.29 is 8.42 Å². The maximum absolute atomic E-state index is 12.6. The minimum Gasteiger partial charge on any atom is -0.351 e. The highest BCUT2D eigenvalue weighted by molar-refractivity contribution is 7.92. The predicted octanol–water partition coefficient (Wildman–Crippen LogP) is 3.83. The molecule has 3 aromatic rings. The summed E-state index contributed by atoms with van der Waals surface area (Å²) < 4.78 is 27.7. The standard InChI is InChI=1S/C25H31N7O2S/c1-18-12-13-26-17-23(18)35(33,34)31-24-11-6-19(14-27-24)4-5-20-15-28-25(29-16-20)30-21-7-9-22(10-8-21)32(2)3/h4-6,11-17,21-22H,7-10H2,1-3H3,(H,27,31)(H,28,29,30)/b5-4+. The van der Waals surface area contributed by atoms with Gasteiger partial charge < -0.3 is 10.2 Å². The highest BCUT2D eigenvalue weighted by atomic mass is 32.2. The first-order valence-electron chi connectivity index (χ1n) is 11.6. The summed E-state index contributed by atoms with van der Waals surface area (Å²) >= 11 is 0. The third-order valence-corrected chi connectivity index (χ3v) is 7.69. The highest BCUT2D eigenvalue weighted by Crippen LogP contribution is 2.23. The molecular formula is C25H31N7O2S. The highest BCUT2D eigenvalue weighted by Gasteiger charge is 2.22. The Morgan fingerprint density at radius 2 is 1.60 bits per heavy atom. The van der Waals surface area contributed by atoms with Crippen molar-refractivity contribution in [3.63, 3.8) is 0 Å². The Morgan fingerprint density at radius 1 is 0.914 bits per heavy atom. The summed E-state index contributed by atoms with van der Waals surface area (Å²) in [5.41, 5.74) is 2.31. The summed E-state index contributed by atoms with van der Waals surface area (Å²) in [5.74, 6) is 0.890. The fraction of sp³-hybridized carbons (Fsp3) is 0.360. The van der Waals surface area contributed by atoms with Crippen molar-refractivity contribution in [2.24, 2.45) is 0 Å². The van der Waals surface area contributed by atoms with E-state index >= 15 is 0 Å². The van der Waals surface area contributed by atoms with Gasteiger partial charge in [0.1, 0.15) is 10.7 Å². The third-order valence-electron chi connectivity index (χ3n) is 6.21. The van der Waals surface area contributed by atoms with Gasteiger partial charge in [-0.25, -0.2) is 23.4 Å². The van der Waals surface area contributed by atoms with E-state index in [1.807, 2.05) is 12.2 Å². The molecule has 10 heteroatoms. The first-order chi connectivity index (χ1) is 16.8. The molecular weight excluding hydrogens is 462 g/mol. The van der Waals surface area contributed by atoms with Crippen LogP contribution in [0.15, 0.2) is 54.1 Å². The molecule has 0 radical (unpaired) electrons. The van der Waals surface area contributed by atoms with Crippen molar-refractivity contribution in [2.45, 2.75) is 49.6 Å². The van der Waals surface area contributed by atoms with Gasteiger partial charge in [-0.2, -0.15) is 0 Å². The van der Waals surface area contributed by atoms with Gasteiger partial charge in [0, 0.05) is 48.6 Å². The summed E-state index contributed by atoms with van der Waals surface area (Å²) in [7, 11) is 0.535. The smallest absolute Gasteiger partial charge is 0.264 e. The van der Waals surface area contributed by atoms with Crippen LogP contribution in [0.3, 0.4) is 0 Å². The third kappa shape index (κ3) is 6.61. The molecule has 9 nitrogen and oxygen atoms in total. The molecule has 0 unspecified atom stereocenters. The van der Waals surface area contributed by atoms with Gasteiger partial charge >= 0.3 is 0 Å². The van der Waals surface area contributed by atoms with E-state index in [1.165, 1.54) is 19.0 Å². The first kappa shape index (κ1) is 24.7. The van der Waals surface area contributed by atoms with Gasteiger partial charge in [0.05, 0.1) is 0 Å². The summed E-state index contributed by atoms with van der Waals surface area (Å²) in [6, 6.07) is 6.14. The average molecular weight is 494 g/mol. The Kier molecular flexibility index (Phi) is 7.72. The van der Waals surface area contributed by atoms with E-state index in [0.29, 0.717) is 23.6 Å². The zero-order valence-corrected chi connectivity index (χ0v) is 21.0. The fourth-order valence-corrected chi connectivity index (χ4v) is 5.30. The van der Waals surface area contributed by atoms with Crippen molar-refractivity contribution >= 4 is 33.9 Å². The lowest BCUT2D eigenvalue weighted by molar-refractivity contribution is 0.221. The molecule has 3 heterocycles. The van der Waals surface area contributed by atoms with Crippen molar-refractivity contribution in [3.05, 3.63) is 65.9 Å². The SMILES string of the molecule is Cc1ccncc1S(=O)(=O)Nc1ccc(/C=C/c2cnc(NC3CCC(N(C)C)CC3)nc2)cn1. The van der Waals surface area contributed by atoms with Gasteiger partial charge in [-0.1, -0.05) is 12.2 Å². The number of sulfonamides is 1. The molecule has 1 aliphatic rings. The molecule has 0 bridgehead atoms. The number of rotatable bonds is 8. The van der Waals surface area contributed by atoms with Crippen LogP contribution in [0.2, 0.25) is 0 Å². The molecule has 0 saturated heterocycles. The van der Waals surface area contributed by atoms with Gasteiger partial charge in [0.25, 0.3) is 10.0 Å². The fourth-order valence-electron chi connectivity index (χ4n) is 4.10. The lowest BCUT2D eigenvalue weighted by Gasteiger charge is -2.32. The van der Waals surface area contributed by atoms with Crippen molar-refractivity contribution in [1.82, 2.24) is 24.8 Å². The molecule has 0 spiro atoms. The Bertz CT molecular complexity index is 1250. The van der Waals surface area contributed by atoms with Crippen LogP contribution in [0.1, 0.15) is 42.4 Å². The van der Waals surface area contributed by atoms with Gasteiger partial charge in [-0.15, -0.1) is 0 Å². The van der Waals surface area contributed by atoms with Crippen LogP contribution in [0.25, 0.3) is 12.2 Å². The maximum atomic E-state index is 12.6. The topological polar surface area (TPSA) is 113 Å². The molecule has 2 N–H and O–H groups in total. The molecule has 1 saturated carbocycles. The predicted molar refractivity (Wildman–Crippen MR) is 138 cm³/mol. The van der Waals surface area contributed by atoms with Gasteiger partial charge in [-0.3, -0.25) is 9.71 Å². The minimum absolute atomic E-state index is 0.130. The summed E-state index contributed by atoms with van der Waals surface area (Å²) in [5, 5.41) is 3.45. The number of pyridine rings is 2. The largest absolute Gasteiger partial charge is 0.351 e.